The number of amides is 1. The van der Waals surface area contributed by atoms with Crippen LogP contribution in [0.5, 0.6) is 0 Å². The Morgan fingerprint density at radius 1 is 1.12 bits per heavy atom. The molecule has 2 aromatic rings. The third-order valence-corrected chi connectivity index (χ3v) is 5.11. The fourth-order valence-electron chi connectivity index (χ4n) is 3.29. The molecular formula is C20H20BrNO3. The van der Waals surface area contributed by atoms with Crippen LogP contribution in [0.2, 0.25) is 0 Å². The van der Waals surface area contributed by atoms with Crippen LogP contribution >= 0.6 is 15.9 Å². The summed E-state index contributed by atoms with van der Waals surface area (Å²) in [5.74, 6) is -0.529. The number of halogens is 1. The van der Waals surface area contributed by atoms with Gasteiger partial charge in [-0.15, -0.1) is 0 Å². The second-order valence-electron chi connectivity index (χ2n) is 6.25. The van der Waals surface area contributed by atoms with Gasteiger partial charge in [-0.2, -0.15) is 0 Å². The number of hydrogen-bond donors (Lipinski definition) is 0. The van der Waals surface area contributed by atoms with Crippen molar-refractivity contribution in [2.24, 2.45) is 5.92 Å². The van der Waals surface area contributed by atoms with Gasteiger partial charge in [0.2, 0.25) is 5.91 Å². The van der Waals surface area contributed by atoms with E-state index in [1.165, 1.54) is 7.11 Å². The van der Waals surface area contributed by atoms with Crippen molar-refractivity contribution in [3.05, 3.63) is 70.2 Å². The van der Waals surface area contributed by atoms with E-state index in [0.29, 0.717) is 19.4 Å². The third kappa shape index (κ3) is 4.10. The minimum absolute atomic E-state index is 0.0159. The number of carbonyl (C=O) groups excluding carboxylic acids is 2. The average Bonchev–Trinajstić information content (AvgIpc) is 2.93. The quantitative estimate of drug-likeness (QED) is 0.719. The highest BCUT2D eigenvalue weighted by molar-refractivity contribution is 9.10. The van der Waals surface area contributed by atoms with Gasteiger partial charge in [-0.25, -0.2) is 4.79 Å². The molecule has 1 aliphatic rings. The van der Waals surface area contributed by atoms with E-state index >= 15 is 0 Å². The summed E-state index contributed by atoms with van der Waals surface area (Å²) < 4.78 is 5.93. The van der Waals surface area contributed by atoms with E-state index in [2.05, 4.69) is 15.9 Å². The molecule has 5 heteroatoms. The molecule has 0 aromatic heterocycles. The van der Waals surface area contributed by atoms with Crippen LogP contribution in [0.1, 0.15) is 17.5 Å². The first-order valence-corrected chi connectivity index (χ1v) is 9.04. The van der Waals surface area contributed by atoms with E-state index < -0.39 is 6.04 Å². The van der Waals surface area contributed by atoms with Gasteiger partial charge in [-0.1, -0.05) is 58.4 Å². The molecule has 0 aliphatic carbocycles. The van der Waals surface area contributed by atoms with Crippen molar-refractivity contribution in [2.45, 2.75) is 25.4 Å². The Morgan fingerprint density at radius 2 is 1.80 bits per heavy atom. The molecule has 1 aliphatic heterocycles. The lowest BCUT2D eigenvalue weighted by molar-refractivity contribution is -0.149. The fraction of sp³-hybridized carbons (Fsp3) is 0.300. The molecule has 1 heterocycles. The maximum absolute atomic E-state index is 12.9. The first-order valence-electron chi connectivity index (χ1n) is 8.25. The molecule has 25 heavy (non-hydrogen) atoms. The standard InChI is InChI=1S/C20H20BrNO3/c1-25-20(24)18-12-16(11-14-7-9-17(21)10-8-14)19(23)22(18)13-15-5-3-2-4-6-15/h2-10,16,18H,11-13H2,1H3/t16-,18+/m1/s1. The Morgan fingerprint density at radius 3 is 2.44 bits per heavy atom. The maximum atomic E-state index is 12.9. The zero-order valence-corrected chi connectivity index (χ0v) is 15.6. The van der Waals surface area contributed by atoms with Gasteiger partial charge in [-0.05, 0) is 36.1 Å². The summed E-state index contributed by atoms with van der Waals surface area (Å²) in [6, 6.07) is 17.1. The molecule has 0 radical (unpaired) electrons. The molecule has 3 rings (SSSR count). The molecule has 130 valence electrons. The zero-order chi connectivity index (χ0) is 17.8. The highest BCUT2D eigenvalue weighted by Crippen LogP contribution is 2.30. The normalized spacial score (nSPS) is 19.9. The summed E-state index contributed by atoms with van der Waals surface area (Å²) in [6.07, 6.45) is 1.12. The van der Waals surface area contributed by atoms with E-state index in [4.69, 9.17) is 4.74 Å². The van der Waals surface area contributed by atoms with Crippen molar-refractivity contribution in [3.63, 3.8) is 0 Å². The Kier molecular flexibility index (Phi) is 5.53. The number of hydrogen-bond acceptors (Lipinski definition) is 3. The van der Waals surface area contributed by atoms with Gasteiger partial charge in [-0.3, -0.25) is 4.79 Å². The van der Waals surface area contributed by atoms with E-state index in [-0.39, 0.29) is 17.8 Å². The molecule has 0 saturated carbocycles. The largest absolute Gasteiger partial charge is 0.467 e. The molecule has 1 fully saturated rings. The lowest BCUT2D eigenvalue weighted by atomic mass is 9.96. The van der Waals surface area contributed by atoms with E-state index in [9.17, 15) is 9.59 Å². The summed E-state index contributed by atoms with van der Waals surface area (Å²) in [6.45, 7) is 0.427. The lowest BCUT2D eigenvalue weighted by Crippen LogP contribution is -2.39. The number of methoxy groups -OCH3 is 1. The summed E-state index contributed by atoms with van der Waals surface area (Å²) in [7, 11) is 1.37. The van der Waals surface area contributed by atoms with Crippen molar-refractivity contribution in [3.8, 4) is 0 Å². The Hall–Kier alpha value is -2.14. The smallest absolute Gasteiger partial charge is 0.328 e. The number of benzene rings is 2. The van der Waals surface area contributed by atoms with E-state index in [1.807, 2.05) is 54.6 Å². The molecule has 4 nitrogen and oxygen atoms in total. The maximum Gasteiger partial charge on any atom is 0.328 e. The monoisotopic (exact) mass is 401 g/mol. The zero-order valence-electron chi connectivity index (χ0n) is 14.0. The Balaban J connectivity index is 1.79. The summed E-state index contributed by atoms with van der Waals surface area (Å²) in [5.41, 5.74) is 2.10. The van der Waals surface area contributed by atoms with Crippen LogP contribution in [-0.4, -0.2) is 29.9 Å². The topological polar surface area (TPSA) is 46.6 Å². The number of esters is 1. The minimum atomic E-state index is -0.516. The first kappa shape index (κ1) is 17.7. The van der Waals surface area contributed by atoms with Gasteiger partial charge < -0.3 is 9.64 Å². The summed E-state index contributed by atoms with van der Waals surface area (Å²) >= 11 is 3.42. The molecule has 1 amide bonds. The SMILES string of the molecule is COC(=O)[C@@H]1C[C@@H](Cc2ccc(Br)cc2)C(=O)N1Cc1ccccc1. The van der Waals surface area contributed by atoms with Crippen LogP contribution < -0.4 is 0 Å². The van der Waals surface area contributed by atoms with Crippen LogP contribution in [0.3, 0.4) is 0 Å². The van der Waals surface area contributed by atoms with Gasteiger partial charge in [0.1, 0.15) is 6.04 Å². The molecule has 0 unspecified atom stereocenters. The number of ether oxygens (including phenoxy) is 1. The van der Waals surface area contributed by atoms with Gasteiger partial charge >= 0.3 is 5.97 Å². The van der Waals surface area contributed by atoms with Gasteiger partial charge in [0.05, 0.1) is 7.11 Å². The van der Waals surface area contributed by atoms with Crippen molar-refractivity contribution >= 4 is 27.8 Å². The predicted octanol–water partition coefficient (Wildman–Crippen LogP) is 3.58. The number of carbonyl (C=O) groups is 2. The van der Waals surface area contributed by atoms with Crippen molar-refractivity contribution in [1.29, 1.82) is 0 Å². The average molecular weight is 402 g/mol. The number of likely N-dealkylation sites (tertiary alicyclic amines) is 1. The van der Waals surface area contributed by atoms with Gasteiger partial charge in [0.25, 0.3) is 0 Å². The van der Waals surface area contributed by atoms with Gasteiger partial charge in [0.15, 0.2) is 0 Å². The highest BCUT2D eigenvalue weighted by Gasteiger charge is 2.43. The third-order valence-electron chi connectivity index (χ3n) is 4.58. The molecule has 2 aromatic carbocycles. The molecular weight excluding hydrogens is 382 g/mol. The van der Waals surface area contributed by atoms with Crippen LogP contribution in [0.4, 0.5) is 0 Å². The van der Waals surface area contributed by atoms with E-state index in [1.54, 1.807) is 4.90 Å². The number of nitrogens with zero attached hydrogens (tertiary/aromatic N) is 1. The van der Waals surface area contributed by atoms with Crippen molar-refractivity contribution in [2.75, 3.05) is 7.11 Å². The second kappa shape index (κ2) is 7.83. The van der Waals surface area contributed by atoms with Gasteiger partial charge in [0, 0.05) is 16.9 Å². The summed E-state index contributed by atoms with van der Waals surface area (Å²) in [5, 5.41) is 0. The highest BCUT2D eigenvalue weighted by atomic mass is 79.9. The van der Waals surface area contributed by atoms with Crippen molar-refractivity contribution in [1.82, 2.24) is 4.90 Å². The second-order valence-corrected chi connectivity index (χ2v) is 7.17. The summed E-state index contributed by atoms with van der Waals surface area (Å²) in [4.78, 5) is 26.8. The molecule has 1 saturated heterocycles. The minimum Gasteiger partial charge on any atom is -0.467 e. The predicted molar refractivity (Wildman–Crippen MR) is 98.7 cm³/mol. The molecule has 0 bridgehead atoms. The first-order chi connectivity index (χ1) is 12.1. The van der Waals surface area contributed by atoms with E-state index in [0.717, 1.165) is 15.6 Å². The van der Waals surface area contributed by atoms with Crippen LogP contribution in [0.25, 0.3) is 0 Å². The van der Waals surface area contributed by atoms with Crippen LogP contribution in [-0.2, 0) is 27.3 Å². The van der Waals surface area contributed by atoms with Crippen molar-refractivity contribution < 1.29 is 14.3 Å². The van der Waals surface area contributed by atoms with Crippen LogP contribution in [0.15, 0.2) is 59.1 Å². The number of rotatable bonds is 5. The Bertz CT molecular complexity index is 745. The fourth-order valence-corrected chi connectivity index (χ4v) is 3.55. The molecule has 0 spiro atoms. The lowest BCUT2D eigenvalue weighted by Gasteiger charge is -2.23. The van der Waals surface area contributed by atoms with Crippen LogP contribution in [0, 0.1) is 5.92 Å². The molecule has 0 N–H and O–H groups in total. The Labute approximate surface area is 155 Å². The molecule has 2 atom stereocenters.